The zero-order valence-electron chi connectivity index (χ0n) is 15.0. The van der Waals surface area contributed by atoms with E-state index in [1.807, 2.05) is 29.3 Å². The zero-order chi connectivity index (χ0) is 18.4. The van der Waals surface area contributed by atoms with Gasteiger partial charge in [0.15, 0.2) is 0 Å². The van der Waals surface area contributed by atoms with Crippen molar-refractivity contribution in [3.8, 4) is 0 Å². The van der Waals surface area contributed by atoms with Crippen LogP contribution >= 0.6 is 11.8 Å². The first kappa shape index (κ1) is 19.2. The highest BCUT2D eigenvalue weighted by Gasteiger charge is 2.51. The molecule has 4 rings (SSSR count). The first-order valence-electron chi connectivity index (χ1n) is 9.27. The summed E-state index contributed by atoms with van der Waals surface area (Å²) in [4.78, 5) is 30.4. The van der Waals surface area contributed by atoms with E-state index in [1.165, 1.54) is 24.3 Å². The van der Waals surface area contributed by atoms with Crippen molar-refractivity contribution >= 4 is 24.1 Å². The van der Waals surface area contributed by atoms with Gasteiger partial charge in [0.25, 0.3) is 6.47 Å². The minimum Gasteiger partial charge on any atom is -0.483 e. The van der Waals surface area contributed by atoms with Gasteiger partial charge in [-0.15, -0.1) is 0 Å². The second-order valence-electron chi connectivity index (χ2n) is 7.25. The lowest BCUT2D eigenvalue weighted by Gasteiger charge is -2.32. The first-order chi connectivity index (χ1) is 12.7. The molecule has 0 radical (unpaired) electrons. The predicted octanol–water partition coefficient (Wildman–Crippen LogP) is 2.10. The zero-order valence-corrected chi connectivity index (χ0v) is 15.9. The number of pyridine rings is 1. The van der Waals surface area contributed by atoms with E-state index in [9.17, 15) is 4.79 Å². The van der Waals surface area contributed by atoms with Crippen LogP contribution in [-0.4, -0.2) is 69.5 Å². The number of hydrogen-bond acceptors (Lipinski definition) is 5. The smallest absolute Gasteiger partial charge is 0.290 e. The van der Waals surface area contributed by atoms with Gasteiger partial charge in [-0.25, -0.2) is 0 Å². The van der Waals surface area contributed by atoms with E-state index in [2.05, 4.69) is 21.6 Å². The van der Waals surface area contributed by atoms with Crippen LogP contribution in [0.5, 0.6) is 0 Å². The van der Waals surface area contributed by atoms with E-state index >= 15 is 0 Å². The molecular formula is C19H27N3O3S. The molecular weight excluding hydrogens is 350 g/mol. The Hall–Kier alpha value is -1.60. The maximum Gasteiger partial charge on any atom is 0.290 e. The van der Waals surface area contributed by atoms with Gasteiger partial charge in [0, 0.05) is 25.3 Å². The van der Waals surface area contributed by atoms with Gasteiger partial charge in [-0.2, -0.15) is 11.8 Å². The number of thioether (sulfide) groups is 1. The van der Waals surface area contributed by atoms with Crippen molar-refractivity contribution in [2.24, 2.45) is 5.41 Å². The van der Waals surface area contributed by atoms with Crippen molar-refractivity contribution in [2.75, 3.05) is 31.1 Å². The number of carbonyl (C=O) groups is 2. The molecule has 1 atom stereocenters. The van der Waals surface area contributed by atoms with Crippen LogP contribution in [0.1, 0.15) is 31.4 Å². The second-order valence-corrected chi connectivity index (χ2v) is 8.47. The summed E-state index contributed by atoms with van der Waals surface area (Å²) in [6, 6.07) is 6.65. The average Bonchev–Trinajstić information content (AvgIpc) is 3.24. The summed E-state index contributed by atoms with van der Waals surface area (Å²) < 4.78 is 0. The van der Waals surface area contributed by atoms with Gasteiger partial charge in [0.2, 0.25) is 5.91 Å². The summed E-state index contributed by atoms with van der Waals surface area (Å²) in [6.45, 7) is 3.41. The Kier molecular flexibility index (Phi) is 6.53. The van der Waals surface area contributed by atoms with E-state index in [4.69, 9.17) is 9.90 Å². The normalized spacial score (nSPS) is 26.8. The third-order valence-electron chi connectivity index (χ3n) is 5.77. The fraction of sp³-hybridized carbons (Fsp3) is 0.632. The molecule has 26 heavy (non-hydrogen) atoms. The summed E-state index contributed by atoms with van der Waals surface area (Å²) in [5.74, 6) is 2.94. The fourth-order valence-corrected chi connectivity index (χ4v) is 5.46. The summed E-state index contributed by atoms with van der Waals surface area (Å²) >= 11 is 2.07. The summed E-state index contributed by atoms with van der Waals surface area (Å²) in [7, 11) is 0. The molecule has 0 aromatic carbocycles. The number of nitrogens with zero attached hydrogens (tertiary/aromatic N) is 3. The Labute approximate surface area is 159 Å². The summed E-state index contributed by atoms with van der Waals surface area (Å²) in [5.41, 5.74) is 0.899. The Morgan fingerprint density at radius 1 is 1.27 bits per heavy atom. The lowest BCUT2D eigenvalue weighted by atomic mass is 9.85. The summed E-state index contributed by atoms with van der Waals surface area (Å²) in [6.07, 6.45) is 6.48. The lowest BCUT2D eigenvalue weighted by Crippen LogP contribution is -2.40. The molecule has 1 N–H and O–H groups in total. The molecule has 0 bridgehead atoms. The van der Waals surface area contributed by atoms with Crippen LogP contribution in [0.3, 0.4) is 0 Å². The van der Waals surface area contributed by atoms with Gasteiger partial charge >= 0.3 is 0 Å². The van der Waals surface area contributed by atoms with Crippen molar-refractivity contribution in [2.45, 2.75) is 38.3 Å². The van der Waals surface area contributed by atoms with Gasteiger partial charge < -0.3 is 10.0 Å². The Balaban J connectivity index is 0.000000613. The second kappa shape index (κ2) is 8.86. The number of rotatable bonds is 3. The highest BCUT2D eigenvalue weighted by molar-refractivity contribution is 7.99. The van der Waals surface area contributed by atoms with Gasteiger partial charge in [0.05, 0.1) is 17.7 Å². The fourth-order valence-electron chi connectivity index (χ4n) is 4.38. The van der Waals surface area contributed by atoms with Gasteiger partial charge in [-0.1, -0.05) is 6.07 Å². The Bertz CT molecular complexity index is 609. The predicted molar refractivity (Wildman–Crippen MR) is 102 cm³/mol. The molecule has 1 amide bonds. The van der Waals surface area contributed by atoms with Gasteiger partial charge in [-0.05, 0) is 55.9 Å². The highest BCUT2D eigenvalue weighted by Crippen LogP contribution is 2.42. The van der Waals surface area contributed by atoms with Crippen LogP contribution in [0, 0.1) is 5.41 Å². The topological polar surface area (TPSA) is 73.7 Å². The molecule has 1 spiro atoms. The van der Waals surface area contributed by atoms with Crippen molar-refractivity contribution < 1.29 is 14.7 Å². The molecule has 1 aromatic rings. The number of amides is 1. The molecule has 3 saturated heterocycles. The lowest BCUT2D eigenvalue weighted by molar-refractivity contribution is -0.136. The molecule has 4 heterocycles. The van der Waals surface area contributed by atoms with Crippen molar-refractivity contribution in [3.63, 3.8) is 0 Å². The molecule has 7 heteroatoms. The number of carbonyl (C=O) groups excluding carboxylic acids is 1. The molecule has 0 aliphatic carbocycles. The average molecular weight is 378 g/mol. The van der Waals surface area contributed by atoms with Crippen LogP contribution in [0.15, 0.2) is 24.4 Å². The third kappa shape index (κ3) is 4.20. The van der Waals surface area contributed by atoms with E-state index in [1.54, 1.807) is 0 Å². The maximum absolute atomic E-state index is 13.0. The molecule has 0 saturated carbocycles. The molecule has 3 fully saturated rings. The van der Waals surface area contributed by atoms with Crippen molar-refractivity contribution in [1.29, 1.82) is 0 Å². The van der Waals surface area contributed by atoms with Crippen LogP contribution in [0.2, 0.25) is 0 Å². The highest BCUT2D eigenvalue weighted by atomic mass is 32.2. The van der Waals surface area contributed by atoms with Crippen molar-refractivity contribution in [1.82, 2.24) is 14.8 Å². The molecule has 6 nitrogen and oxygen atoms in total. The molecule has 1 aromatic heterocycles. The monoisotopic (exact) mass is 377 g/mol. The Morgan fingerprint density at radius 2 is 2.00 bits per heavy atom. The quantitative estimate of drug-likeness (QED) is 0.814. The standard InChI is InChI=1S/C18H25N3OS.CH2O2/c22-17-18(6-9-20(17)13-15-3-1-2-8-19-15)7-10-21(14-18)16-4-11-23-12-5-16;2-1-3/h1-3,8,16H,4-7,9-14H2;1H,(H,2,3). The van der Waals surface area contributed by atoms with E-state index in [0.717, 1.165) is 38.2 Å². The van der Waals surface area contributed by atoms with E-state index < -0.39 is 0 Å². The Morgan fingerprint density at radius 3 is 2.69 bits per heavy atom. The maximum atomic E-state index is 13.0. The third-order valence-corrected chi connectivity index (χ3v) is 6.82. The van der Waals surface area contributed by atoms with E-state index in [0.29, 0.717) is 18.5 Å². The largest absolute Gasteiger partial charge is 0.483 e. The van der Waals surface area contributed by atoms with Gasteiger partial charge in [-0.3, -0.25) is 19.5 Å². The van der Waals surface area contributed by atoms with Crippen LogP contribution in [-0.2, 0) is 16.1 Å². The number of likely N-dealkylation sites (tertiary alicyclic amines) is 2. The van der Waals surface area contributed by atoms with Crippen molar-refractivity contribution in [3.05, 3.63) is 30.1 Å². The molecule has 3 aliphatic rings. The van der Waals surface area contributed by atoms with Gasteiger partial charge in [0.1, 0.15) is 0 Å². The number of carboxylic acid groups (broad SMARTS) is 1. The number of aromatic nitrogens is 1. The van der Waals surface area contributed by atoms with E-state index in [-0.39, 0.29) is 11.9 Å². The van der Waals surface area contributed by atoms with Crippen LogP contribution in [0.25, 0.3) is 0 Å². The molecule has 3 aliphatic heterocycles. The summed E-state index contributed by atoms with van der Waals surface area (Å²) in [5, 5.41) is 6.89. The SMILES string of the molecule is O=C1N(Cc2ccccn2)CCC12CCN(C1CCSCC1)C2.O=CO. The molecule has 142 valence electrons. The minimum absolute atomic E-state index is 0.0978. The number of hydrogen-bond donors (Lipinski definition) is 1. The molecule has 1 unspecified atom stereocenters. The minimum atomic E-state index is -0.250. The first-order valence-corrected chi connectivity index (χ1v) is 10.4. The van der Waals surface area contributed by atoms with Crippen LogP contribution < -0.4 is 0 Å². The van der Waals surface area contributed by atoms with Crippen LogP contribution in [0.4, 0.5) is 0 Å².